The Hall–Kier alpha value is -2.49. The molecule has 1 amide bonds. The molecule has 0 aliphatic carbocycles. The minimum atomic E-state index is -1.11. The molecule has 0 radical (unpaired) electrons. The molecule has 0 bridgehead atoms. The third kappa shape index (κ3) is 4.02. The fourth-order valence-corrected chi connectivity index (χ4v) is 1.51. The van der Waals surface area contributed by atoms with Gasteiger partial charge in [0.1, 0.15) is 6.54 Å². The maximum atomic E-state index is 11.6. The van der Waals surface area contributed by atoms with E-state index < -0.39 is 34.3 Å². The Morgan fingerprint density at radius 1 is 1.60 bits per heavy atom. The Kier molecular flexibility index (Phi) is 5.15. The van der Waals surface area contributed by atoms with E-state index in [1.165, 1.54) is 7.11 Å². The number of rotatable bonds is 6. The van der Waals surface area contributed by atoms with E-state index in [0.29, 0.717) is 0 Å². The van der Waals surface area contributed by atoms with Gasteiger partial charge in [-0.25, -0.2) is 4.79 Å². The fraction of sp³-hybridized carbons (Fsp3) is 0.500. The lowest BCUT2D eigenvalue weighted by atomic mass is 10.3. The Balaban J connectivity index is 2.90. The maximum absolute atomic E-state index is 11.6. The minimum Gasteiger partial charge on any atom is -0.383 e. The van der Waals surface area contributed by atoms with Gasteiger partial charge in [-0.3, -0.25) is 29.3 Å². The second-order valence-corrected chi connectivity index (χ2v) is 4.08. The molecule has 10 nitrogen and oxygen atoms in total. The SMILES string of the molecule is COCC(C)NC(=O)Cn1cc([N+](=O)[O-])c(=O)[nH]c1=O. The quantitative estimate of drug-likeness (QED) is 0.487. The van der Waals surface area contributed by atoms with Crippen molar-refractivity contribution < 1.29 is 14.5 Å². The van der Waals surface area contributed by atoms with Gasteiger partial charge in [-0.1, -0.05) is 0 Å². The highest BCUT2D eigenvalue weighted by Crippen LogP contribution is 1.98. The molecule has 1 rings (SSSR count). The van der Waals surface area contributed by atoms with Crippen LogP contribution in [0.2, 0.25) is 0 Å². The summed E-state index contributed by atoms with van der Waals surface area (Å²) in [5.74, 6) is -0.530. The highest BCUT2D eigenvalue weighted by Gasteiger charge is 2.16. The van der Waals surface area contributed by atoms with E-state index in [0.717, 1.165) is 10.8 Å². The number of nitro groups is 1. The number of carbonyl (C=O) groups excluding carboxylic acids is 1. The van der Waals surface area contributed by atoms with E-state index in [1.54, 1.807) is 11.9 Å². The monoisotopic (exact) mass is 286 g/mol. The van der Waals surface area contributed by atoms with Gasteiger partial charge in [-0.15, -0.1) is 0 Å². The first kappa shape index (κ1) is 15.6. The topological polar surface area (TPSA) is 136 Å². The Bertz CT molecular complexity index is 619. The molecule has 0 aliphatic rings. The highest BCUT2D eigenvalue weighted by atomic mass is 16.6. The summed E-state index contributed by atoms with van der Waals surface area (Å²) < 4.78 is 5.58. The molecule has 20 heavy (non-hydrogen) atoms. The summed E-state index contributed by atoms with van der Waals surface area (Å²) in [5.41, 5.74) is -2.80. The van der Waals surface area contributed by atoms with Crippen molar-refractivity contribution >= 4 is 11.6 Å². The largest absolute Gasteiger partial charge is 0.383 e. The third-order valence-corrected chi connectivity index (χ3v) is 2.33. The van der Waals surface area contributed by atoms with Gasteiger partial charge < -0.3 is 10.1 Å². The zero-order valence-corrected chi connectivity index (χ0v) is 10.9. The lowest BCUT2D eigenvalue weighted by molar-refractivity contribution is -0.386. The van der Waals surface area contributed by atoms with Crippen molar-refractivity contribution in [2.24, 2.45) is 0 Å². The lowest BCUT2D eigenvalue weighted by Gasteiger charge is -2.13. The predicted octanol–water partition coefficient (Wildman–Crippen LogP) is -1.40. The zero-order valence-electron chi connectivity index (χ0n) is 10.9. The Morgan fingerprint density at radius 3 is 2.80 bits per heavy atom. The number of amides is 1. The average molecular weight is 286 g/mol. The number of hydrogen-bond acceptors (Lipinski definition) is 6. The molecule has 10 heteroatoms. The van der Waals surface area contributed by atoms with E-state index in [4.69, 9.17) is 4.74 Å². The van der Waals surface area contributed by atoms with Crippen molar-refractivity contribution in [2.45, 2.75) is 19.5 Å². The molecule has 1 heterocycles. The van der Waals surface area contributed by atoms with Crippen LogP contribution in [0, 0.1) is 10.1 Å². The summed E-state index contributed by atoms with van der Waals surface area (Å²) >= 11 is 0. The van der Waals surface area contributed by atoms with Crippen LogP contribution in [0.1, 0.15) is 6.92 Å². The zero-order chi connectivity index (χ0) is 15.3. The number of hydrogen-bond donors (Lipinski definition) is 2. The molecular formula is C10H14N4O6. The molecule has 0 aromatic carbocycles. The van der Waals surface area contributed by atoms with Gasteiger partial charge in [-0.05, 0) is 6.92 Å². The van der Waals surface area contributed by atoms with E-state index in [-0.39, 0.29) is 12.6 Å². The summed E-state index contributed by atoms with van der Waals surface area (Å²) in [6.07, 6.45) is 0.738. The summed E-state index contributed by atoms with van der Waals surface area (Å²) in [4.78, 5) is 45.7. The van der Waals surface area contributed by atoms with Gasteiger partial charge in [0.2, 0.25) is 5.91 Å². The third-order valence-electron chi connectivity index (χ3n) is 2.33. The second kappa shape index (κ2) is 6.61. The van der Waals surface area contributed by atoms with Crippen molar-refractivity contribution in [1.29, 1.82) is 0 Å². The molecule has 0 fully saturated rings. The number of carbonyl (C=O) groups is 1. The number of aromatic nitrogens is 2. The maximum Gasteiger partial charge on any atom is 0.350 e. The van der Waals surface area contributed by atoms with Crippen molar-refractivity contribution in [3.63, 3.8) is 0 Å². The Labute approximate surface area is 112 Å². The molecule has 0 aliphatic heterocycles. The van der Waals surface area contributed by atoms with Crippen LogP contribution in [0.4, 0.5) is 5.69 Å². The lowest BCUT2D eigenvalue weighted by Crippen LogP contribution is -2.40. The van der Waals surface area contributed by atoms with Crippen molar-refractivity contribution in [2.75, 3.05) is 13.7 Å². The normalized spacial score (nSPS) is 11.9. The van der Waals surface area contributed by atoms with Crippen LogP contribution >= 0.6 is 0 Å². The van der Waals surface area contributed by atoms with Gasteiger partial charge in [0, 0.05) is 13.2 Å². The summed E-state index contributed by atoms with van der Waals surface area (Å²) in [6, 6.07) is -0.277. The number of ether oxygens (including phenoxy) is 1. The van der Waals surface area contributed by atoms with E-state index in [2.05, 4.69) is 5.32 Å². The van der Waals surface area contributed by atoms with Crippen LogP contribution in [0.5, 0.6) is 0 Å². The smallest absolute Gasteiger partial charge is 0.350 e. The number of methoxy groups -OCH3 is 1. The molecule has 1 aromatic rings. The average Bonchev–Trinajstić information content (AvgIpc) is 2.32. The molecule has 110 valence electrons. The van der Waals surface area contributed by atoms with Crippen LogP contribution in [-0.4, -0.2) is 40.1 Å². The van der Waals surface area contributed by atoms with Gasteiger partial charge in [0.25, 0.3) is 0 Å². The van der Waals surface area contributed by atoms with Crippen molar-refractivity contribution in [3.05, 3.63) is 37.1 Å². The van der Waals surface area contributed by atoms with E-state index >= 15 is 0 Å². The van der Waals surface area contributed by atoms with Crippen LogP contribution in [-0.2, 0) is 16.1 Å². The van der Waals surface area contributed by atoms with Crippen LogP contribution in [0.15, 0.2) is 15.8 Å². The highest BCUT2D eigenvalue weighted by molar-refractivity contribution is 5.76. The van der Waals surface area contributed by atoms with Crippen LogP contribution in [0.3, 0.4) is 0 Å². The number of aromatic amines is 1. The number of H-pyrrole nitrogens is 1. The molecular weight excluding hydrogens is 272 g/mol. The van der Waals surface area contributed by atoms with Crippen molar-refractivity contribution in [1.82, 2.24) is 14.9 Å². The van der Waals surface area contributed by atoms with Crippen LogP contribution < -0.4 is 16.6 Å². The summed E-state index contributed by atoms with van der Waals surface area (Å²) in [5, 5.41) is 13.1. The van der Waals surface area contributed by atoms with E-state index in [1.807, 2.05) is 0 Å². The van der Waals surface area contributed by atoms with E-state index in [9.17, 15) is 24.5 Å². The first-order valence-electron chi connectivity index (χ1n) is 5.61. The molecule has 1 atom stereocenters. The molecule has 2 N–H and O–H groups in total. The first-order chi connectivity index (χ1) is 9.35. The molecule has 0 saturated heterocycles. The first-order valence-corrected chi connectivity index (χ1v) is 5.61. The summed E-state index contributed by atoms with van der Waals surface area (Å²) in [7, 11) is 1.47. The fourth-order valence-electron chi connectivity index (χ4n) is 1.51. The molecule has 0 saturated carbocycles. The standard InChI is InChI=1S/C10H14N4O6/c1-6(5-20-2)11-8(15)4-13-3-7(14(18)19)9(16)12-10(13)17/h3,6H,4-5H2,1-2H3,(H,11,15)(H,12,16,17). The second-order valence-electron chi connectivity index (χ2n) is 4.08. The number of nitrogens with one attached hydrogen (secondary N) is 2. The number of nitrogens with zero attached hydrogens (tertiary/aromatic N) is 2. The van der Waals surface area contributed by atoms with Gasteiger partial charge in [-0.2, -0.15) is 0 Å². The van der Waals surface area contributed by atoms with Crippen molar-refractivity contribution in [3.8, 4) is 0 Å². The van der Waals surface area contributed by atoms with Gasteiger partial charge >= 0.3 is 16.9 Å². The predicted molar refractivity (Wildman–Crippen MR) is 67.5 cm³/mol. The molecule has 1 aromatic heterocycles. The van der Waals surface area contributed by atoms with Crippen LogP contribution in [0.25, 0.3) is 0 Å². The molecule has 0 spiro atoms. The van der Waals surface area contributed by atoms with Gasteiger partial charge in [0.15, 0.2) is 0 Å². The Morgan fingerprint density at radius 2 is 2.25 bits per heavy atom. The molecule has 1 unspecified atom stereocenters. The summed E-state index contributed by atoms with van der Waals surface area (Å²) in [6.45, 7) is 1.54. The minimum absolute atomic E-state index is 0.277. The van der Waals surface area contributed by atoms with Gasteiger partial charge in [0.05, 0.1) is 17.7 Å².